The Kier molecular flexibility index (Phi) is 4.93. The van der Waals surface area contributed by atoms with Crippen LogP contribution in [-0.4, -0.2) is 27.5 Å². The maximum atomic E-state index is 12.4. The second kappa shape index (κ2) is 7.47. The minimum absolute atomic E-state index is 0.000981. The number of para-hydroxylation sites is 1. The average Bonchev–Trinajstić information content (AvgIpc) is 3.11. The first-order valence-electron chi connectivity index (χ1n) is 7.94. The summed E-state index contributed by atoms with van der Waals surface area (Å²) in [6.45, 7) is 2.29. The molecule has 8 heteroatoms. The molecule has 0 saturated carbocycles. The first-order valence-corrected chi connectivity index (χ1v) is 7.94. The minimum Gasteiger partial charge on any atom is -0.299 e. The highest BCUT2D eigenvalue weighted by atomic mass is 16.7. The topological polar surface area (TPSA) is 90.5 Å². The molecule has 0 aliphatic rings. The Morgan fingerprint density at radius 3 is 2.46 bits per heavy atom. The fourth-order valence-electron chi connectivity index (χ4n) is 2.42. The van der Waals surface area contributed by atoms with Crippen molar-refractivity contribution in [1.29, 1.82) is 0 Å². The van der Waals surface area contributed by atoms with E-state index in [9.17, 15) is 14.9 Å². The van der Waals surface area contributed by atoms with Crippen molar-refractivity contribution in [3.05, 3.63) is 77.0 Å². The predicted octanol–water partition coefficient (Wildman–Crippen LogP) is 3.53. The molecule has 0 aliphatic carbocycles. The Morgan fingerprint density at radius 1 is 1.15 bits per heavy atom. The van der Waals surface area contributed by atoms with Gasteiger partial charge in [0.15, 0.2) is 0 Å². The molecule has 2 aromatic carbocycles. The van der Waals surface area contributed by atoms with Crippen LogP contribution in [0.25, 0.3) is 11.3 Å². The number of nitrogens with zero attached hydrogens (tertiary/aromatic N) is 4. The fraction of sp³-hybridized carbons (Fsp3) is 0.111. The van der Waals surface area contributed by atoms with E-state index in [1.807, 2.05) is 37.3 Å². The summed E-state index contributed by atoms with van der Waals surface area (Å²) in [6.07, 6.45) is 0.949. The number of nitro benzene ring substituents is 1. The Morgan fingerprint density at radius 2 is 1.85 bits per heavy atom. The quantitative estimate of drug-likeness (QED) is 0.517. The summed E-state index contributed by atoms with van der Waals surface area (Å²) in [5.74, 6) is 0. The van der Waals surface area contributed by atoms with Crippen molar-refractivity contribution in [1.82, 2.24) is 9.94 Å². The monoisotopic (exact) mass is 352 g/mol. The number of nitro groups is 1. The number of aromatic nitrogens is 2. The molecule has 1 heterocycles. The molecule has 26 heavy (non-hydrogen) atoms. The van der Waals surface area contributed by atoms with Gasteiger partial charge in [0.2, 0.25) is 0 Å². The molecule has 132 valence electrons. The molecule has 0 bridgehead atoms. The normalized spacial score (nSPS) is 10.3. The van der Waals surface area contributed by atoms with Crippen LogP contribution < -0.4 is 9.74 Å². The van der Waals surface area contributed by atoms with Gasteiger partial charge < -0.3 is 0 Å². The molecule has 8 nitrogen and oxygen atoms in total. The zero-order valence-corrected chi connectivity index (χ0v) is 14.0. The molecule has 0 fully saturated rings. The van der Waals surface area contributed by atoms with Crippen molar-refractivity contribution in [2.75, 3.05) is 11.4 Å². The summed E-state index contributed by atoms with van der Waals surface area (Å²) < 4.78 is 0. The van der Waals surface area contributed by atoms with Gasteiger partial charge in [-0.1, -0.05) is 23.0 Å². The van der Waals surface area contributed by atoms with Crippen LogP contribution in [0.4, 0.5) is 16.2 Å². The largest absolute Gasteiger partial charge is 0.440 e. The van der Waals surface area contributed by atoms with E-state index in [0.29, 0.717) is 17.8 Å². The number of amides is 1. The zero-order valence-electron chi connectivity index (χ0n) is 14.0. The Hall–Kier alpha value is -3.68. The lowest BCUT2D eigenvalue weighted by Gasteiger charge is -2.19. The number of rotatable bonds is 5. The molecule has 0 N–H and O–H groups in total. The molecule has 1 amide bonds. The predicted molar refractivity (Wildman–Crippen MR) is 95.8 cm³/mol. The first kappa shape index (κ1) is 17.2. The van der Waals surface area contributed by atoms with Crippen LogP contribution in [0.3, 0.4) is 0 Å². The second-order valence-electron chi connectivity index (χ2n) is 5.34. The maximum absolute atomic E-state index is 12.4. The van der Waals surface area contributed by atoms with Gasteiger partial charge in [-0.25, -0.2) is 4.79 Å². The third-order valence-corrected chi connectivity index (χ3v) is 3.72. The molecule has 0 radical (unpaired) electrons. The van der Waals surface area contributed by atoms with Crippen LogP contribution in [-0.2, 0) is 0 Å². The molecule has 0 saturated heterocycles. The SMILES string of the molecule is CCN(C(=O)On1ccc(-c2ccc([N+](=O)[O-])cc2)n1)c1ccccc1. The molecule has 0 aliphatic heterocycles. The highest BCUT2D eigenvalue weighted by molar-refractivity contribution is 5.87. The molecule has 1 aromatic heterocycles. The van der Waals surface area contributed by atoms with E-state index < -0.39 is 11.0 Å². The molecular formula is C18H16N4O4. The van der Waals surface area contributed by atoms with Crippen molar-refractivity contribution in [2.45, 2.75) is 6.92 Å². The van der Waals surface area contributed by atoms with Crippen LogP contribution in [0.15, 0.2) is 66.9 Å². The van der Waals surface area contributed by atoms with Crippen LogP contribution >= 0.6 is 0 Å². The maximum Gasteiger partial charge on any atom is 0.440 e. The van der Waals surface area contributed by atoms with Gasteiger partial charge in [0.25, 0.3) is 5.69 Å². The van der Waals surface area contributed by atoms with Gasteiger partial charge >= 0.3 is 6.09 Å². The number of carbonyl (C=O) groups excluding carboxylic acids is 1. The molecule has 3 rings (SSSR count). The van der Waals surface area contributed by atoms with Gasteiger partial charge in [0.1, 0.15) is 0 Å². The first-order chi connectivity index (χ1) is 12.6. The Bertz CT molecular complexity index is 906. The fourth-order valence-corrected chi connectivity index (χ4v) is 2.42. The van der Waals surface area contributed by atoms with Gasteiger partial charge in [-0.2, -0.15) is 0 Å². The standard InChI is InChI=1S/C18H16N4O4/c1-2-20(15-6-4-3-5-7-15)18(23)26-21-13-12-17(19-21)14-8-10-16(11-9-14)22(24)25/h3-13H,2H2,1H3. The minimum atomic E-state index is -0.558. The van der Waals surface area contributed by atoms with Gasteiger partial charge in [-0.05, 0) is 37.3 Å². The van der Waals surface area contributed by atoms with Crippen LogP contribution in [0.1, 0.15) is 6.92 Å². The lowest BCUT2D eigenvalue weighted by Crippen LogP contribution is -2.37. The van der Waals surface area contributed by atoms with Gasteiger partial charge in [0.05, 0.1) is 16.8 Å². The van der Waals surface area contributed by atoms with Gasteiger partial charge in [0, 0.05) is 29.9 Å². The van der Waals surface area contributed by atoms with Crippen molar-refractivity contribution < 1.29 is 14.6 Å². The number of non-ortho nitro benzene ring substituents is 1. The third-order valence-electron chi connectivity index (χ3n) is 3.72. The number of hydrogen-bond acceptors (Lipinski definition) is 5. The number of benzene rings is 2. The Labute approximate surface area is 149 Å². The highest BCUT2D eigenvalue weighted by Gasteiger charge is 2.17. The van der Waals surface area contributed by atoms with Crippen molar-refractivity contribution in [3.8, 4) is 11.3 Å². The summed E-state index contributed by atoms with van der Waals surface area (Å²) in [6, 6.07) is 16.8. The molecule has 0 atom stereocenters. The van der Waals surface area contributed by atoms with E-state index in [1.54, 1.807) is 18.2 Å². The van der Waals surface area contributed by atoms with E-state index in [0.717, 1.165) is 10.5 Å². The van der Waals surface area contributed by atoms with E-state index in [2.05, 4.69) is 5.10 Å². The summed E-state index contributed by atoms with van der Waals surface area (Å²) in [7, 11) is 0. The molecule has 3 aromatic rings. The van der Waals surface area contributed by atoms with Crippen molar-refractivity contribution in [2.24, 2.45) is 0 Å². The second-order valence-corrected chi connectivity index (χ2v) is 5.34. The van der Waals surface area contributed by atoms with Crippen molar-refractivity contribution >= 4 is 17.5 Å². The Balaban J connectivity index is 1.73. The van der Waals surface area contributed by atoms with Gasteiger partial charge in [-0.15, -0.1) is 5.10 Å². The van der Waals surface area contributed by atoms with Crippen molar-refractivity contribution in [3.63, 3.8) is 0 Å². The number of anilines is 1. The van der Waals surface area contributed by atoms with Crippen LogP contribution in [0.5, 0.6) is 0 Å². The van der Waals surface area contributed by atoms with E-state index in [4.69, 9.17) is 4.84 Å². The molecule has 0 unspecified atom stereocenters. The summed E-state index contributed by atoms with van der Waals surface area (Å²) in [5, 5.41) is 14.9. The highest BCUT2D eigenvalue weighted by Crippen LogP contribution is 2.20. The molecule has 0 spiro atoms. The summed E-state index contributed by atoms with van der Waals surface area (Å²) >= 11 is 0. The smallest absolute Gasteiger partial charge is 0.299 e. The lowest BCUT2D eigenvalue weighted by molar-refractivity contribution is -0.384. The average molecular weight is 352 g/mol. The lowest BCUT2D eigenvalue weighted by atomic mass is 10.1. The number of carbonyl (C=O) groups is 1. The summed E-state index contributed by atoms with van der Waals surface area (Å²) in [5.41, 5.74) is 1.94. The van der Waals surface area contributed by atoms with E-state index in [1.165, 1.54) is 23.2 Å². The number of hydrogen-bond donors (Lipinski definition) is 0. The molecular weight excluding hydrogens is 336 g/mol. The zero-order chi connectivity index (χ0) is 18.5. The van der Waals surface area contributed by atoms with E-state index in [-0.39, 0.29) is 5.69 Å². The van der Waals surface area contributed by atoms with Crippen LogP contribution in [0, 0.1) is 10.1 Å². The van der Waals surface area contributed by atoms with Gasteiger partial charge in [-0.3, -0.25) is 19.9 Å². The summed E-state index contributed by atoms with van der Waals surface area (Å²) in [4.78, 5) is 30.4. The van der Waals surface area contributed by atoms with E-state index >= 15 is 0 Å². The van der Waals surface area contributed by atoms with Crippen LogP contribution in [0.2, 0.25) is 0 Å². The third kappa shape index (κ3) is 3.69.